The number of hydrogen-bond donors (Lipinski definition) is 0. The molecule has 13 heavy (non-hydrogen) atoms. The van der Waals surface area contributed by atoms with Gasteiger partial charge >= 0.3 is 0 Å². The molecule has 2 nitrogen and oxygen atoms in total. The number of methoxy groups -OCH3 is 1. The summed E-state index contributed by atoms with van der Waals surface area (Å²) in [5.74, 6) is 0.828. The van der Waals surface area contributed by atoms with Gasteiger partial charge in [-0.15, -0.1) is 0 Å². The van der Waals surface area contributed by atoms with E-state index in [2.05, 4.69) is 0 Å². The topological polar surface area (TPSA) is 26.3 Å². The third-order valence-electron chi connectivity index (χ3n) is 2.33. The number of ether oxygens (including phenoxy) is 1. The van der Waals surface area contributed by atoms with Crippen LogP contribution in [0.2, 0.25) is 5.02 Å². The standard InChI is InChI=1S/C10H9ClO2/c1-13-9-5-3-6-7(10(9)11)2-4-8(6)12/h3,5H,2,4H2,1H3. The van der Waals surface area contributed by atoms with Crippen LogP contribution in [0.5, 0.6) is 5.75 Å². The first kappa shape index (κ1) is 8.57. The monoisotopic (exact) mass is 196 g/mol. The van der Waals surface area contributed by atoms with E-state index in [0.717, 1.165) is 17.5 Å². The largest absolute Gasteiger partial charge is 0.495 e. The van der Waals surface area contributed by atoms with Gasteiger partial charge in [-0.05, 0) is 24.1 Å². The minimum absolute atomic E-state index is 0.180. The van der Waals surface area contributed by atoms with Gasteiger partial charge in [0.15, 0.2) is 5.78 Å². The smallest absolute Gasteiger partial charge is 0.163 e. The van der Waals surface area contributed by atoms with Crippen LogP contribution in [0.1, 0.15) is 22.3 Å². The lowest BCUT2D eigenvalue weighted by atomic mass is 10.1. The summed E-state index contributed by atoms with van der Waals surface area (Å²) in [4.78, 5) is 11.3. The lowest BCUT2D eigenvalue weighted by Crippen LogP contribution is -1.93. The maximum atomic E-state index is 11.3. The Kier molecular flexibility index (Phi) is 2.00. The first-order valence-corrected chi connectivity index (χ1v) is 4.50. The second-order valence-corrected chi connectivity index (χ2v) is 3.41. The summed E-state index contributed by atoms with van der Waals surface area (Å²) in [7, 11) is 1.57. The molecular weight excluding hydrogens is 188 g/mol. The van der Waals surface area contributed by atoms with E-state index in [1.807, 2.05) is 0 Å². The van der Waals surface area contributed by atoms with Gasteiger partial charge in [0.1, 0.15) is 5.75 Å². The van der Waals surface area contributed by atoms with E-state index in [0.29, 0.717) is 17.2 Å². The Morgan fingerprint density at radius 1 is 1.38 bits per heavy atom. The highest BCUT2D eigenvalue weighted by molar-refractivity contribution is 6.33. The van der Waals surface area contributed by atoms with Crippen molar-refractivity contribution in [3.63, 3.8) is 0 Å². The first-order chi connectivity index (χ1) is 6.24. The van der Waals surface area contributed by atoms with E-state index in [1.54, 1.807) is 19.2 Å². The fourth-order valence-corrected chi connectivity index (χ4v) is 1.97. The Labute approximate surface area is 81.5 Å². The third-order valence-corrected chi connectivity index (χ3v) is 2.74. The van der Waals surface area contributed by atoms with Gasteiger partial charge in [0.25, 0.3) is 0 Å². The van der Waals surface area contributed by atoms with Gasteiger partial charge < -0.3 is 4.74 Å². The zero-order valence-electron chi connectivity index (χ0n) is 7.26. The van der Waals surface area contributed by atoms with Crippen molar-refractivity contribution in [2.45, 2.75) is 12.8 Å². The Bertz CT molecular complexity index is 371. The normalized spacial score (nSPS) is 14.5. The second kappa shape index (κ2) is 3.04. The zero-order valence-corrected chi connectivity index (χ0v) is 8.02. The van der Waals surface area contributed by atoms with Crippen molar-refractivity contribution < 1.29 is 9.53 Å². The van der Waals surface area contributed by atoms with Crippen molar-refractivity contribution in [2.24, 2.45) is 0 Å². The van der Waals surface area contributed by atoms with E-state index in [4.69, 9.17) is 16.3 Å². The van der Waals surface area contributed by atoms with Crippen LogP contribution in [-0.2, 0) is 6.42 Å². The minimum atomic E-state index is 0.180. The van der Waals surface area contributed by atoms with Crippen molar-refractivity contribution >= 4 is 17.4 Å². The fourth-order valence-electron chi connectivity index (χ4n) is 1.64. The van der Waals surface area contributed by atoms with E-state index in [-0.39, 0.29) is 5.78 Å². The molecule has 2 rings (SSSR count). The Morgan fingerprint density at radius 3 is 2.85 bits per heavy atom. The molecule has 0 fully saturated rings. The van der Waals surface area contributed by atoms with Gasteiger partial charge in [0.2, 0.25) is 0 Å². The molecular formula is C10H9ClO2. The maximum Gasteiger partial charge on any atom is 0.163 e. The van der Waals surface area contributed by atoms with Crippen LogP contribution in [0, 0.1) is 0 Å². The van der Waals surface area contributed by atoms with E-state index >= 15 is 0 Å². The number of rotatable bonds is 1. The quantitative estimate of drug-likeness (QED) is 0.690. The summed E-state index contributed by atoms with van der Waals surface area (Å²) in [6.45, 7) is 0. The predicted molar refractivity (Wildman–Crippen MR) is 50.7 cm³/mol. The molecule has 1 aliphatic rings. The van der Waals surface area contributed by atoms with Gasteiger partial charge in [-0.2, -0.15) is 0 Å². The number of Topliss-reactive ketones (excluding diaryl/α,β-unsaturated/α-hetero) is 1. The molecule has 0 heterocycles. The van der Waals surface area contributed by atoms with E-state index in [9.17, 15) is 4.79 Å². The lowest BCUT2D eigenvalue weighted by Gasteiger charge is -2.06. The third kappa shape index (κ3) is 1.22. The average molecular weight is 197 g/mol. The summed E-state index contributed by atoms with van der Waals surface area (Å²) in [5, 5.41) is 0.589. The van der Waals surface area contributed by atoms with E-state index < -0.39 is 0 Å². The number of fused-ring (bicyclic) bond motifs is 1. The van der Waals surface area contributed by atoms with Gasteiger partial charge in [-0.3, -0.25) is 4.79 Å². The van der Waals surface area contributed by atoms with E-state index in [1.165, 1.54) is 0 Å². The molecule has 1 aromatic carbocycles. The molecule has 0 spiro atoms. The Hall–Kier alpha value is -1.02. The molecule has 0 unspecified atom stereocenters. The zero-order chi connectivity index (χ0) is 9.42. The highest BCUT2D eigenvalue weighted by atomic mass is 35.5. The van der Waals surface area contributed by atoms with Crippen molar-refractivity contribution in [1.82, 2.24) is 0 Å². The summed E-state index contributed by atoms with van der Waals surface area (Å²) in [6, 6.07) is 3.53. The molecule has 0 saturated carbocycles. The molecule has 68 valence electrons. The highest BCUT2D eigenvalue weighted by Crippen LogP contribution is 2.35. The molecule has 0 aromatic heterocycles. The van der Waals surface area contributed by atoms with Crippen LogP contribution in [0.15, 0.2) is 12.1 Å². The number of carbonyl (C=O) groups excluding carboxylic acids is 1. The molecule has 0 aliphatic heterocycles. The number of ketones is 1. The summed E-state index contributed by atoms with van der Waals surface area (Å²) in [6.07, 6.45) is 1.31. The molecule has 1 aromatic rings. The maximum absolute atomic E-state index is 11.3. The van der Waals surface area contributed by atoms with Crippen LogP contribution in [0.3, 0.4) is 0 Å². The number of hydrogen-bond acceptors (Lipinski definition) is 2. The first-order valence-electron chi connectivity index (χ1n) is 4.12. The highest BCUT2D eigenvalue weighted by Gasteiger charge is 2.23. The van der Waals surface area contributed by atoms with Crippen molar-refractivity contribution in [1.29, 1.82) is 0 Å². The predicted octanol–water partition coefficient (Wildman–Crippen LogP) is 2.48. The Balaban J connectivity index is 2.60. The average Bonchev–Trinajstić information content (AvgIpc) is 2.50. The molecule has 0 bridgehead atoms. The van der Waals surface area contributed by atoms with Crippen LogP contribution >= 0.6 is 11.6 Å². The molecule has 0 amide bonds. The van der Waals surface area contributed by atoms with Gasteiger partial charge in [-0.1, -0.05) is 11.6 Å². The van der Waals surface area contributed by atoms with Crippen molar-refractivity contribution in [2.75, 3.05) is 7.11 Å². The number of halogens is 1. The van der Waals surface area contributed by atoms with Crippen molar-refractivity contribution in [3.05, 3.63) is 28.3 Å². The molecule has 0 radical (unpaired) electrons. The van der Waals surface area contributed by atoms with Crippen LogP contribution in [0.4, 0.5) is 0 Å². The number of benzene rings is 1. The molecule has 0 N–H and O–H groups in total. The van der Waals surface area contributed by atoms with Gasteiger partial charge in [-0.25, -0.2) is 0 Å². The molecule has 1 aliphatic carbocycles. The van der Waals surface area contributed by atoms with Crippen LogP contribution in [0.25, 0.3) is 0 Å². The molecule has 0 atom stereocenters. The lowest BCUT2D eigenvalue weighted by molar-refractivity contribution is 0.0994. The number of carbonyl (C=O) groups is 1. The summed E-state index contributed by atoms with van der Waals surface area (Å²) >= 11 is 6.04. The van der Waals surface area contributed by atoms with Gasteiger partial charge in [0.05, 0.1) is 12.1 Å². The molecule has 3 heteroatoms. The van der Waals surface area contributed by atoms with Gasteiger partial charge in [0, 0.05) is 12.0 Å². The molecule has 0 saturated heterocycles. The summed E-state index contributed by atoms with van der Waals surface area (Å²) in [5.41, 5.74) is 1.69. The minimum Gasteiger partial charge on any atom is -0.495 e. The fraction of sp³-hybridized carbons (Fsp3) is 0.300. The Morgan fingerprint density at radius 2 is 2.15 bits per heavy atom. The van der Waals surface area contributed by atoms with Crippen molar-refractivity contribution in [3.8, 4) is 5.75 Å². The SMILES string of the molecule is COc1ccc2c(c1Cl)CCC2=O. The van der Waals surface area contributed by atoms with Crippen LogP contribution in [-0.4, -0.2) is 12.9 Å². The van der Waals surface area contributed by atoms with Crippen LogP contribution < -0.4 is 4.74 Å². The second-order valence-electron chi connectivity index (χ2n) is 3.03. The summed E-state index contributed by atoms with van der Waals surface area (Å²) < 4.78 is 5.06.